The van der Waals surface area contributed by atoms with E-state index in [0.717, 1.165) is 11.1 Å². The summed E-state index contributed by atoms with van der Waals surface area (Å²) in [6.45, 7) is 4.47. The highest BCUT2D eigenvalue weighted by atomic mass is 16.5. The lowest BCUT2D eigenvalue weighted by molar-refractivity contribution is -0.00789. The lowest BCUT2D eigenvalue weighted by atomic mass is 9.95. The number of benzene rings is 1. The first kappa shape index (κ1) is 9.21. The largest absolute Gasteiger partial charge is 0.478 e. The van der Waals surface area contributed by atoms with Crippen molar-refractivity contribution in [3.63, 3.8) is 0 Å². The summed E-state index contributed by atoms with van der Waals surface area (Å²) in [5, 5.41) is 8.81. The summed E-state index contributed by atoms with van der Waals surface area (Å²) in [6, 6.07) is 5.15. The molecule has 0 unspecified atom stereocenters. The minimum Gasteiger partial charge on any atom is -0.478 e. The fraction of sp³-hybridized carbons (Fsp3) is 0.364. The first-order chi connectivity index (χ1) is 6.50. The number of carboxylic acid groups (broad SMARTS) is 1. The molecule has 0 aliphatic carbocycles. The van der Waals surface area contributed by atoms with Crippen molar-refractivity contribution in [1.29, 1.82) is 0 Å². The lowest BCUT2D eigenvalue weighted by Gasteiger charge is -2.17. The van der Waals surface area contributed by atoms with Crippen LogP contribution in [0.5, 0.6) is 0 Å². The minimum atomic E-state index is -0.891. The quantitative estimate of drug-likeness (QED) is 0.741. The number of carbonyl (C=O) groups is 1. The Labute approximate surface area is 82.3 Å². The average Bonchev–Trinajstić information content (AvgIpc) is 2.42. The second-order valence-electron chi connectivity index (χ2n) is 3.98. The molecule has 0 bridgehead atoms. The first-order valence-electron chi connectivity index (χ1n) is 4.51. The van der Waals surface area contributed by atoms with E-state index in [-0.39, 0.29) is 5.60 Å². The summed E-state index contributed by atoms with van der Waals surface area (Å²) in [5.74, 6) is -0.891. The average molecular weight is 192 g/mol. The summed E-state index contributed by atoms with van der Waals surface area (Å²) in [4.78, 5) is 10.7. The fourth-order valence-electron chi connectivity index (χ4n) is 1.77. The molecule has 0 atom stereocenters. The smallest absolute Gasteiger partial charge is 0.335 e. The molecule has 1 aromatic carbocycles. The Morgan fingerprint density at radius 3 is 2.86 bits per heavy atom. The zero-order valence-electron chi connectivity index (χ0n) is 8.20. The van der Waals surface area contributed by atoms with Crippen LogP contribution >= 0.6 is 0 Å². The van der Waals surface area contributed by atoms with Crippen molar-refractivity contribution in [1.82, 2.24) is 0 Å². The molecule has 0 radical (unpaired) electrons. The van der Waals surface area contributed by atoms with E-state index in [1.807, 2.05) is 19.9 Å². The molecule has 2 rings (SSSR count). The standard InChI is InChI=1S/C11H12O3/c1-11(2)9-4-3-7(10(12)13)5-8(9)6-14-11/h3-5H,6H2,1-2H3,(H,12,13). The van der Waals surface area contributed by atoms with Gasteiger partial charge in [0.15, 0.2) is 0 Å². The molecule has 0 fully saturated rings. The molecule has 1 aromatic rings. The van der Waals surface area contributed by atoms with E-state index >= 15 is 0 Å². The minimum absolute atomic E-state index is 0.285. The van der Waals surface area contributed by atoms with Gasteiger partial charge in [-0.2, -0.15) is 0 Å². The van der Waals surface area contributed by atoms with Crippen LogP contribution in [0.3, 0.4) is 0 Å². The Balaban J connectivity index is 2.49. The van der Waals surface area contributed by atoms with Gasteiger partial charge in [-0.1, -0.05) is 6.07 Å². The third-order valence-corrected chi connectivity index (χ3v) is 2.59. The van der Waals surface area contributed by atoms with Gasteiger partial charge in [0.1, 0.15) is 0 Å². The van der Waals surface area contributed by atoms with Crippen LogP contribution in [0.1, 0.15) is 35.3 Å². The van der Waals surface area contributed by atoms with Gasteiger partial charge in [0, 0.05) is 0 Å². The Morgan fingerprint density at radius 2 is 2.21 bits per heavy atom. The van der Waals surface area contributed by atoms with Crippen molar-refractivity contribution >= 4 is 5.97 Å². The molecule has 1 N–H and O–H groups in total. The van der Waals surface area contributed by atoms with Gasteiger partial charge >= 0.3 is 5.97 Å². The molecule has 74 valence electrons. The van der Waals surface area contributed by atoms with E-state index < -0.39 is 5.97 Å². The maximum absolute atomic E-state index is 10.7. The molecule has 0 spiro atoms. The summed E-state index contributed by atoms with van der Waals surface area (Å²) in [6.07, 6.45) is 0. The molecule has 14 heavy (non-hydrogen) atoms. The van der Waals surface area contributed by atoms with Crippen molar-refractivity contribution in [2.24, 2.45) is 0 Å². The second-order valence-corrected chi connectivity index (χ2v) is 3.98. The molecule has 1 aliphatic heterocycles. The number of rotatable bonds is 1. The molecule has 0 saturated heterocycles. The normalized spacial score (nSPS) is 17.9. The molecule has 3 nitrogen and oxygen atoms in total. The Kier molecular flexibility index (Phi) is 1.86. The second kappa shape index (κ2) is 2.82. The summed E-state index contributed by atoms with van der Waals surface area (Å²) in [5.41, 5.74) is 2.11. The number of aromatic carboxylic acids is 1. The van der Waals surface area contributed by atoms with Crippen LogP contribution in [0.2, 0.25) is 0 Å². The Hall–Kier alpha value is -1.35. The number of hydrogen-bond donors (Lipinski definition) is 1. The van der Waals surface area contributed by atoms with E-state index in [1.165, 1.54) is 0 Å². The van der Waals surface area contributed by atoms with Crippen LogP contribution in [-0.2, 0) is 16.9 Å². The lowest BCUT2D eigenvalue weighted by Crippen LogP contribution is -2.14. The molecule has 0 aromatic heterocycles. The number of fused-ring (bicyclic) bond motifs is 1. The highest BCUT2D eigenvalue weighted by molar-refractivity contribution is 5.88. The summed E-state index contributed by atoms with van der Waals surface area (Å²) in [7, 11) is 0. The van der Waals surface area contributed by atoms with Crippen LogP contribution in [0.25, 0.3) is 0 Å². The van der Waals surface area contributed by atoms with Gasteiger partial charge in [-0.15, -0.1) is 0 Å². The Morgan fingerprint density at radius 1 is 1.50 bits per heavy atom. The SMILES string of the molecule is CC1(C)OCc2cc(C(=O)O)ccc21. The van der Waals surface area contributed by atoms with Gasteiger partial charge in [0.25, 0.3) is 0 Å². The van der Waals surface area contributed by atoms with Crippen molar-refractivity contribution in [2.45, 2.75) is 26.1 Å². The topological polar surface area (TPSA) is 46.5 Å². The van der Waals surface area contributed by atoms with E-state index in [4.69, 9.17) is 9.84 Å². The molecule has 1 heterocycles. The van der Waals surface area contributed by atoms with Crippen LogP contribution < -0.4 is 0 Å². The van der Waals surface area contributed by atoms with Crippen LogP contribution in [0.4, 0.5) is 0 Å². The zero-order chi connectivity index (χ0) is 10.3. The van der Waals surface area contributed by atoms with Gasteiger partial charge in [0.2, 0.25) is 0 Å². The predicted octanol–water partition coefficient (Wildman–Crippen LogP) is 2.15. The third kappa shape index (κ3) is 1.30. The van der Waals surface area contributed by atoms with Gasteiger partial charge in [0.05, 0.1) is 17.8 Å². The van der Waals surface area contributed by atoms with Gasteiger partial charge in [-0.25, -0.2) is 4.79 Å². The molecular weight excluding hydrogens is 180 g/mol. The number of carboxylic acids is 1. The highest BCUT2D eigenvalue weighted by Gasteiger charge is 2.30. The van der Waals surface area contributed by atoms with Crippen molar-refractivity contribution < 1.29 is 14.6 Å². The van der Waals surface area contributed by atoms with Crippen molar-refractivity contribution in [3.8, 4) is 0 Å². The van der Waals surface area contributed by atoms with Gasteiger partial charge < -0.3 is 9.84 Å². The molecule has 1 aliphatic rings. The molecule has 0 saturated carbocycles. The zero-order valence-corrected chi connectivity index (χ0v) is 8.20. The van der Waals surface area contributed by atoms with E-state index in [9.17, 15) is 4.79 Å². The number of ether oxygens (including phenoxy) is 1. The van der Waals surface area contributed by atoms with Gasteiger partial charge in [-0.05, 0) is 37.1 Å². The summed E-state index contributed by atoms with van der Waals surface area (Å²) < 4.78 is 5.55. The van der Waals surface area contributed by atoms with Crippen LogP contribution in [-0.4, -0.2) is 11.1 Å². The molecule has 3 heteroatoms. The maximum atomic E-state index is 10.7. The first-order valence-corrected chi connectivity index (χ1v) is 4.51. The summed E-state index contributed by atoms with van der Waals surface area (Å²) >= 11 is 0. The van der Waals surface area contributed by atoms with E-state index in [0.29, 0.717) is 12.2 Å². The highest BCUT2D eigenvalue weighted by Crippen LogP contribution is 2.35. The van der Waals surface area contributed by atoms with Crippen LogP contribution in [0.15, 0.2) is 18.2 Å². The van der Waals surface area contributed by atoms with E-state index in [2.05, 4.69) is 0 Å². The Bertz CT molecular complexity index is 394. The third-order valence-electron chi connectivity index (χ3n) is 2.59. The van der Waals surface area contributed by atoms with Crippen molar-refractivity contribution in [3.05, 3.63) is 34.9 Å². The van der Waals surface area contributed by atoms with Gasteiger partial charge in [-0.3, -0.25) is 0 Å². The predicted molar refractivity (Wildman–Crippen MR) is 51.2 cm³/mol. The van der Waals surface area contributed by atoms with E-state index in [1.54, 1.807) is 12.1 Å². The monoisotopic (exact) mass is 192 g/mol. The molecular formula is C11H12O3. The fourth-order valence-corrected chi connectivity index (χ4v) is 1.77. The maximum Gasteiger partial charge on any atom is 0.335 e. The molecule has 0 amide bonds. The van der Waals surface area contributed by atoms with Crippen molar-refractivity contribution in [2.75, 3.05) is 0 Å². The van der Waals surface area contributed by atoms with Crippen LogP contribution in [0, 0.1) is 0 Å². The number of hydrogen-bond acceptors (Lipinski definition) is 2.